The Labute approximate surface area is 142 Å². The molecule has 4 heteroatoms. The summed E-state index contributed by atoms with van der Waals surface area (Å²) in [6.45, 7) is 5.35. The lowest BCUT2D eigenvalue weighted by atomic mass is 9.88. The second kappa shape index (κ2) is 6.70. The number of hydrogen-bond donors (Lipinski definition) is 0. The molecule has 0 unspecified atom stereocenters. The standard InChI is InChI=1S/C19H25N3S/c1-14-7-8-17(23-14)13-22-10-9-18-16(12-22)11-20-19(21-18)15-5-3-2-4-6-15/h7-8,11,15H,2-6,9-10,12-13H2,1H3. The molecular formula is C19H25N3S. The van der Waals surface area contributed by atoms with Crippen LogP contribution in [0.2, 0.25) is 0 Å². The van der Waals surface area contributed by atoms with Crippen LogP contribution >= 0.6 is 11.3 Å². The zero-order valence-electron chi connectivity index (χ0n) is 13.9. The minimum atomic E-state index is 0.612. The molecule has 0 aromatic carbocycles. The molecule has 3 heterocycles. The summed E-state index contributed by atoms with van der Waals surface area (Å²) in [5.74, 6) is 1.73. The van der Waals surface area contributed by atoms with Crippen LogP contribution < -0.4 is 0 Å². The quantitative estimate of drug-likeness (QED) is 0.834. The fraction of sp³-hybridized carbons (Fsp3) is 0.579. The third-order valence-corrected chi connectivity index (χ3v) is 6.16. The number of nitrogens with zero attached hydrogens (tertiary/aromatic N) is 3. The first kappa shape index (κ1) is 15.3. The van der Waals surface area contributed by atoms with Gasteiger partial charge in [0.15, 0.2) is 0 Å². The molecule has 0 atom stereocenters. The average molecular weight is 327 g/mol. The van der Waals surface area contributed by atoms with E-state index in [1.807, 2.05) is 11.3 Å². The molecular weight excluding hydrogens is 302 g/mol. The van der Waals surface area contributed by atoms with E-state index in [-0.39, 0.29) is 0 Å². The first-order valence-electron chi connectivity index (χ1n) is 8.90. The van der Waals surface area contributed by atoms with Crippen molar-refractivity contribution in [1.29, 1.82) is 0 Å². The highest BCUT2D eigenvalue weighted by Gasteiger charge is 2.22. The Hall–Kier alpha value is -1.26. The third-order valence-electron chi connectivity index (χ3n) is 5.18. The van der Waals surface area contributed by atoms with Crippen LogP contribution in [0.4, 0.5) is 0 Å². The first-order valence-corrected chi connectivity index (χ1v) is 9.72. The highest BCUT2D eigenvalue weighted by molar-refractivity contribution is 7.11. The molecule has 2 aromatic heterocycles. The van der Waals surface area contributed by atoms with E-state index in [1.165, 1.54) is 53.1 Å². The number of aryl methyl sites for hydroxylation is 1. The van der Waals surface area contributed by atoms with Gasteiger partial charge in [-0.05, 0) is 31.9 Å². The van der Waals surface area contributed by atoms with Gasteiger partial charge in [-0.15, -0.1) is 11.3 Å². The van der Waals surface area contributed by atoms with Crippen molar-refractivity contribution in [2.24, 2.45) is 0 Å². The summed E-state index contributed by atoms with van der Waals surface area (Å²) >= 11 is 1.91. The molecule has 0 radical (unpaired) electrons. The lowest BCUT2D eigenvalue weighted by Crippen LogP contribution is -2.31. The Bertz CT molecular complexity index is 673. The van der Waals surface area contributed by atoms with Crippen molar-refractivity contribution >= 4 is 11.3 Å². The van der Waals surface area contributed by atoms with Crippen molar-refractivity contribution < 1.29 is 0 Å². The molecule has 1 fully saturated rings. The fourth-order valence-electron chi connectivity index (χ4n) is 3.87. The van der Waals surface area contributed by atoms with E-state index in [2.05, 4.69) is 30.2 Å². The Morgan fingerprint density at radius 2 is 2.09 bits per heavy atom. The van der Waals surface area contributed by atoms with Crippen LogP contribution in [-0.2, 0) is 19.5 Å². The van der Waals surface area contributed by atoms with E-state index in [9.17, 15) is 0 Å². The van der Waals surface area contributed by atoms with Crippen molar-refractivity contribution in [3.8, 4) is 0 Å². The highest BCUT2D eigenvalue weighted by atomic mass is 32.1. The maximum Gasteiger partial charge on any atom is 0.131 e. The Morgan fingerprint density at radius 1 is 1.22 bits per heavy atom. The second-order valence-corrected chi connectivity index (χ2v) is 8.38. The minimum absolute atomic E-state index is 0.612. The summed E-state index contributed by atoms with van der Waals surface area (Å²) in [7, 11) is 0. The lowest BCUT2D eigenvalue weighted by molar-refractivity contribution is 0.244. The van der Waals surface area contributed by atoms with Crippen molar-refractivity contribution in [3.05, 3.63) is 45.2 Å². The first-order chi connectivity index (χ1) is 11.3. The minimum Gasteiger partial charge on any atom is -0.293 e. The summed E-state index contributed by atoms with van der Waals surface area (Å²) in [4.78, 5) is 15.1. The summed E-state index contributed by atoms with van der Waals surface area (Å²) in [5.41, 5.74) is 2.64. The van der Waals surface area contributed by atoms with Gasteiger partial charge >= 0.3 is 0 Å². The Morgan fingerprint density at radius 3 is 2.87 bits per heavy atom. The molecule has 0 amide bonds. The maximum atomic E-state index is 4.95. The van der Waals surface area contributed by atoms with Crippen molar-refractivity contribution in [3.63, 3.8) is 0 Å². The molecule has 2 aliphatic rings. The van der Waals surface area contributed by atoms with Crippen LogP contribution in [0, 0.1) is 6.92 Å². The number of rotatable bonds is 3. The van der Waals surface area contributed by atoms with E-state index in [1.54, 1.807) is 0 Å². The average Bonchev–Trinajstić information content (AvgIpc) is 3.00. The number of fused-ring (bicyclic) bond motifs is 1. The van der Waals surface area contributed by atoms with Crippen LogP contribution in [0.15, 0.2) is 18.3 Å². The SMILES string of the molecule is Cc1ccc(CN2CCc3nc(C4CCCCC4)ncc3C2)s1. The van der Waals surface area contributed by atoms with Crippen LogP contribution in [0.1, 0.15) is 64.9 Å². The largest absolute Gasteiger partial charge is 0.293 e. The van der Waals surface area contributed by atoms with Crippen molar-refractivity contribution in [2.45, 2.75) is 64.5 Å². The van der Waals surface area contributed by atoms with Gasteiger partial charge in [0, 0.05) is 59.2 Å². The molecule has 3 nitrogen and oxygen atoms in total. The van der Waals surface area contributed by atoms with Crippen molar-refractivity contribution in [2.75, 3.05) is 6.54 Å². The smallest absolute Gasteiger partial charge is 0.131 e. The number of aromatic nitrogens is 2. The van der Waals surface area contributed by atoms with Crippen LogP contribution in [-0.4, -0.2) is 21.4 Å². The van der Waals surface area contributed by atoms with Crippen LogP contribution in [0.5, 0.6) is 0 Å². The zero-order chi connectivity index (χ0) is 15.6. The molecule has 4 rings (SSSR count). The topological polar surface area (TPSA) is 29.0 Å². The predicted octanol–water partition coefficient (Wildman–Crippen LogP) is 4.45. The van der Waals surface area contributed by atoms with Crippen LogP contribution in [0.3, 0.4) is 0 Å². The van der Waals surface area contributed by atoms with Gasteiger partial charge in [0.05, 0.1) is 0 Å². The molecule has 2 aromatic rings. The third kappa shape index (κ3) is 3.48. The van der Waals surface area contributed by atoms with E-state index in [0.717, 1.165) is 31.9 Å². The van der Waals surface area contributed by atoms with Gasteiger partial charge in [-0.1, -0.05) is 19.3 Å². The van der Waals surface area contributed by atoms with Gasteiger partial charge in [-0.3, -0.25) is 4.90 Å². The monoisotopic (exact) mass is 327 g/mol. The summed E-state index contributed by atoms with van der Waals surface area (Å²) < 4.78 is 0. The summed E-state index contributed by atoms with van der Waals surface area (Å²) in [6.07, 6.45) is 9.82. The molecule has 1 aliphatic carbocycles. The van der Waals surface area contributed by atoms with E-state index in [4.69, 9.17) is 9.97 Å². The molecule has 122 valence electrons. The highest BCUT2D eigenvalue weighted by Crippen LogP contribution is 2.31. The van der Waals surface area contributed by atoms with E-state index in [0.29, 0.717) is 5.92 Å². The Kier molecular flexibility index (Phi) is 4.45. The number of thiophene rings is 1. The summed E-state index contributed by atoms with van der Waals surface area (Å²) in [5, 5.41) is 0. The van der Waals surface area contributed by atoms with Gasteiger partial charge in [-0.25, -0.2) is 9.97 Å². The van der Waals surface area contributed by atoms with Gasteiger partial charge < -0.3 is 0 Å². The molecule has 1 aliphatic heterocycles. The normalized spacial score (nSPS) is 19.7. The van der Waals surface area contributed by atoms with Gasteiger partial charge in [-0.2, -0.15) is 0 Å². The molecule has 0 spiro atoms. The number of hydrogen-bond acceptors (Lipinski definition) is 4. The van der Waals surface area contributed by atoms with E-state index >= 15 is 0 Å². The molecule has 0 N–H and O–H groups in total. The van der Waals surface area contributed by atoms with Gasteiger partial charge in [0.1, 0.15) is 5.82 Å². The Balaban J connectivity index is 1.45. The van der Waals surface area contributed by atoms with Gasteiger partial charge in [0.25, 0.3) is 0 Å². The fourth-order valence-corrected chi connectivity index (χ4v) is 4.81. The predicted molar refractivity (Wildman–Crippen MR) is 94.7 cm³/mol. The second-order valence-electron chi connectivity index (χ2n) is 7.01. The molecule has 1 saturated carbocycles. The molecule has 0 bridgehead atoms. The van der Waals surface area contributed by atoms with E-state index < -0.39 is 0 Å². The van der Waals surface area contributed by atoms with Crippen LogP contribution in [0.25, 0.3) is 0 Å². The zero-order valence-corrected chi connectivity index (χ0v) is 14.7. The van der Waals surface area contributed by atoms with Gasteiger partial charge in [0.2, 0.25) is 0 Å². The lowest BCUT2D eigenvalue weighted by Gasteiger charge is -2.28. The van der Waals surface area contributed by atoms with Crippen molar-refractivity contribution in [1.82, 2.24) is 14.9 Å². The maximum absolute atomic E-state index is 4.95. The molecule has 23 heavy (non-hydrogen) atoms. The molecule has 0 saturated heterocycles. The summed E-state index contributed by atoms with van der Waals surface area (Å²) in [6, 6.07) is 4.48.